The number of carbonyl (C=O) groups is 3. The van der Waals surface area contributed by atoms with E-state index in [0.717, 1.165) is 0 Å². The molecule has 0 radical (unpaired) electrons. The highest BCUT2D eigenvalue weighted by Gasteiger charge is 2.45. The molecule has 0 bridgehead atoms. The monoisotopic (exact) mass is 584 g/mol. The van der Waals surface area contributed by atoms with Crippen molar-refractivity contribution in [1.82, 2.24) is 15.3 Å². The summed E-state index contributed by atoms with van der Waals surface area (Å²) in [5, 5.41) is 23.3. The number of nitrogens with zero attached hydrogens (tertiary/aromatic N) is 3. The predicted octanol–water partition coefficient (Wildman–Crippen LogP) is 3.28. The highest BCUT2D eigenvalue weighted by atomic mass is 16.5. The maximum atomic E-state index is 13.8. The molecule has 1 amide bonds. The van der Waals surface area contributed by atoms with Gasteiger partial charge in [-0.15, -0.1) is 0 Å². The van der Waals surface area contributed by atoms with Gasteiger partial charge >= 0.3 is 17.9 Å². The quantitative estimate of drug-likeness (QED) is 0.251. The maximum absolute atomic E-state index is 13.8. The van der Waals surface area contributed by atoms with E-state index in [4.69, 9.17) is 14.2 Å². The molecule has 0 saturated heterocycles. The Bertz CT molecular complexity index is 1630. The van der Waals surface area contributed by atoms with E-state index in [1.807, 2.05) is 30.3 Å². The van der Waals surface area contributed by atoms with Gasteiger partial charge in [0.15, 0.2) is 11.6 Å². The minimum atomic E-state index is -1.34. The van der Waals surface area contributed by atoms with Gasteiger partial charge in [-0.25, -0.2) is 9.59 Å². The van der Waals surface area contributed by atoms with Crippen LogP contribution < -0.4 is 24.4 Å². The van der Waals surface area contributed by atoms with Crippen LogP contribution in [0.4, 0.5) is 5.69 Å². The lowest BCUT2D eigenvalue weighted by Crippen LogP contribution is -2.49. The molecule has 43 heavy (non-hydrogen) atoms. The van der Waals surface area contributed by atoms with Crippen LogP contribution in [-0.4, -0.2) is 65.4 Å². The molecule has 0 spiro atoms. The van der Waals surface area contributed by atoms with Gasteiger partial charge < -0.3 is 24.4 Å². The van der Waals surface area contributed by atoms with E-state index in [2.05, 4.69) is 15.3 Å². The van der Waals surface area contributed by atoms with Crippen LogP contribution in [0.3, 0.4) is 0 Å². The van der Waals surface area contributed by atoms with Crippen LogP contribution in [0.5, 0.6) is 17.8 Å². The lowest BCUT2D eigenvalue weighted by Gasteiger charge is -2.36. The number of hydrogen-bond donors (Lipinski definition) is 3. The number of anilines is 1. The Hall–Kier alpha value is -5.49. The van der Waals surface area contributed by atoms with Crippen LogP contribution in [0.25, 0.3) is 0 Å². The number of nitrogens with one attached hydrogen (secondary N) is 1. The van der Waals surface area contributed by atoms with Crippen molar-refractivity contribution < 1.29 is 38.8 Å². The fourth-order valence-electron chi connectivity index (χ4n) is 5.22. The highest BCUT2D eigenvalue weighted by molar-refractivity contribution is 6.02. The second-order valence-corrected chi connectivity index (χ2v) is 9.55. The number of aliphatic carboxylic acids is 1. The SMILES string of the molecule is COc1nc(OC[C@@]2(c3ccccc3)NCC(=O)N([C@@H](C(=O)O)c3ccccc3)c3ccccc32)nc(OC)c1C(=O)O. The molecule has 2 atom stereocenters. The van der Waals surface area contributed by atoms with Gasteiger partial charge in [-0.3, -0.25) is 15.0 Å². The summed E-state index contributed by atoms with van der Waals surface area (Å²) < 4.78 is 16.5. The number of amides is 1. The van der Waals surface area contributed by atoms with E-state index in [-0.39, 0.29) is 36.5 Å². The molecule has 0 fully saturated rings. The normalized spacial score (nSPS) is 16.9. The van der Waals surface area contributed by atoms with Crippen LogP contribution in [0.2, 0.25) is 0 Å². The smallest absolute Gasteiger partial charge is 0.346 e. The van der Waals surface area contributed by atoms with Gasteiger partial charge in [-0.1, -0.05) is 78.9 Å². The Morgan fingerprint density at radius 1 is 0.907 bits per heavy atom. The second-order valence-electron chi connectivity index (χ2n) is 9.55. The summed E-state index contributed by atoms with van der Waals surface area (Å²) >= 11 is 0. The van der Waals surface area contributed by atoms with Gasteiger partial charge in [0, 0.05) is 5.56 Å². The molecule has 2 heterocycles. The Morgan fingerprint density at radius 2 is 1.49 bits per heavy atom. The topological polar surface area (TPSA) is 160 Å². The number of ether oxygens (including phenoxy) is 3. The molecule has 220 valence electrons. The standard InChI is InChI=1S/C31H28N4O8/c1-41-26-24(28(37)38)27(42-2)34-30(33-26)43-18-31(20-13-7-4-8-14-20)21-15-9-10-16-22(21)35(23(36)17-32-31)25(29(39)40)19-11-5-3-6-12-19/h3-16,25,32H,17-18H2,1-2H3,(H,37,38)(H,39,40)/t25-,31+/m1/s1. The lowest BCUT2D eigenvalue weighted by atomic mass is 9.82. The van der Waals surface area contributed by atoms with Crippen LogP contribution >= 0.6 is 0 Å². The lowest BCUT2D eigenvalue weighted by molar-refractivity contribution is -0.140. The first-order valence-corrected chi connectivity index (χ1v) is 13.2. The first kappa shape index (κ1) is 29.0. The molecule has 1 aliphatic heterocycles. The zero-order chi connectivity index (χ0) is 30.6. The second kappa shape index (κ2) is 12.2. The third-order valence-electron chi connectivity index (χ3n) is 7.15. The first-order chi connectivity index (χ1) is 20.8. The number of hydrogen-bond acceptors (Lipinski definition) is 9. The zero-order valence-corrected chi connectivity index (χ0v) is 23.3. The summed E-state index contributed by atoms with van der Waals surface area (Å²) in [5.41, 5.74) is 0.512. The predicted molar refractivity (Wildman–Crippen MR) is 154 cm³/mol. The van der Waals surface area contributed by atoms with Gasteiger partial charge in [-0.05, 0) is 17.2 Å². The third kappa shape index (κ3) is 5.43. The summed E-state index contributed by atoms with van der Waals surface area (Å²) in [6, 6.07) is 23.2. The minimum absolute atomic E-state index is 0.184. The Labute approximate surface area is 246 Å². The number of aromatic carboxylic acids is 1. The fraction of sp³-hybridized carbons (Fsp3) is 0.194. The minimum Gasteiger partial charge on any atom is -0.480 e. The van der Waals surface area contributed by atoms with Crippen molar-refractivity contribution in [2.24, 2.45) is 0 Å². The Balaban J connectivity index is 1.66. The number of rotatable bonds is 10. The molecule has 0 saturated carbocycles. The number of carboxylic acids is 2. The Kier molecular flexibility index (Phi) is 8.21. The van der Waals surface area contributed by atoms with Gasteiger partial charge in [0.1, 0.15) is 12.1 Å². The van der Waals surface area contributed by atoms with Crippen molar-refractivity contribution in [3.8, 4) is 17.8 Å². The van der Waals surface area contributed by atoms with Crippen molar-refractivity contribution >= 4 is 23.5 Å². The van der Waals surface area contributed by atoms with E-state index < -0.39 is 29.4 Å². The van der Waals surface area contributed by atoms with E-state index >= 15 is 0 Å². The summed E-state index contributed by atoms with van der Waals surface area (Å²) in [4.78, 5) is 47.8. The van der Waals surface area contributed by atoms with Crippen LogP contribution in [0, 0.1) is 0 Å². The van der Waals surface area contributed by atoms with Crippen molar-refractivity contribution in [3.05, 3.63) is 107 Å². The van der Waals surface area contributed by atoms with Gasteiger partial charge in [0.25, 0.3) is 0 Å². The van der Waals surface area contributed by atoms with E-state index in [1.165, 1.54) is 19.1 Å². The van der Waals surface area contributed by atoms with Crippen molar-refractivity contribution in [2.45, 2.75) is 11.6 Å². The summed E-state index contributed by atoms with van der Waals surface area (Å²) in [6.45, 7) is -0.425. The van der Waals surface area contributed by atoms with E-state index in [9.17, 15) is 24.6 Å². The molecule has 3 aromatic carbocycles. The number of methoxy groups -OCH3 is 2. The number of carboxylic acid groups (broad SMARTS) is 2. The van der Waals surface area contributed by atoms with Gasteiger partial charge in [0.05, 0.1) is 26.5 Å². The largest absolute Gasteiger partial charge is 0.480 e. The van der Waals surface area contributed by atoms with Crippen molar-refractivity contribution in [2.75, 3.05) is 32.3 Å². The number of benzene rings is 3. The van der Waals surface area contributed by atoms with Crippen LogP contribution in [0.1, 0.15) is 33.1 Å². The van der Waals surface area contributed by atoms with E-state index in [0.29, 0.717) is 22.4 Å². The maximum Gasteiger partial charge on any atom is 0.346 e. The van der Waals surface area contributed by atoms with Crippen molar-refractivity contribution in [1.29, 1.82) is 0 Å². The Morgan fingerprint density at radius 3 is 2.07 bits per heavy atom. The third-order valence-corrected chi connectivity index (χ3v) is 7.15. The van der Waals surface area contributed by atoms with Crippen molar-refractivity contribution in [3.63, 3.8) is 0 Å². The molecule has 1 aromatic heterocycles. The first-order valence-electron chi connectivity index (χ1n) is 13.2. The summed E-state index contributed by atoms with van der Waals surface area (Å²) in [7, 11) is 2.52. The number of fused-ring (bicyclic) bond motifs is 1. The average Bonchev–Trinajstić information content (AvgIpc) is 3.15. The fourth-order valence-corrected chi connectivity index (χ4v) is 5.22. The zero-order valence-electron chi connectivity index (χ0n) is 23.3. The summed E-state index contributed by atoms with van der Waals surface area (Å²) in [6.07, 6.45) is 0. The molecule has 0 aliphatic carbocycles. The molecule has 12 heteroatoms. The molecule has 12 nitrogen and oxygen atoms in total. The number of para-hydroxylation sites is 1. The van der Waals surface area contributed by atoms with Gasteiger partial charge in [-0.2, -0.15) is 9.97 Å². The molecule has 5 rings (SSSR count). The number of carbonyl (C=O) groups excluding carboxylic acids is 1. The molecular formula is C31H28N4O8. The molecular weight excluding hydrogens is 556 g/mol. The highest BCUT2D eigenvalue weighted by Crippen LogP contribution is 2.42. The van der Waals surface area contributed by atoms with Crippen LogP contribution in [-0.2, 0) is 15.1 Å². The van der Waals surface area contributed by atoms with Crippen LogP contribution in [0.15, 0.2) is 84.9 Å². The average molecular weight is 585 g/mol. The summed E-state index contributed by atoms with van der Waals surface area (Å²) in [5.74, 6) is -3.52. The molecule has 3 N–H and O–H groups in total. The molecule has 4 aromatic rings. The molecule has 1 aliphatic rings. The number of aromatic nitrogens is 2. The molecule has 0 unspecified atom stereocenters. The van der Waals surface area contributed by atoms with E-state index in [1.54, 1.807) is 54.6 Å². The van der Waals surface area contributed by atoms with Gasteiger partial charge in [0.2, 0.25) is 17.7 Å².